The van der Waals surface area contributed by atoms with Crippen molar-refractivity contribution in [1.29, 1.82) is 0 Å². The first-order valence-electron chi connectivity index (χ1n) is 5.81. The van der Waals surface area contributed by atoms with Crippen molar-refractivity contribution >= 4 is 0 Å². The van der Waals surface area contributed by atoms with E-state index in [9.17, 15) is 0 Å². The van der Waals surface area contributed by atoms with Gasteiger partial charge in [0.1, 0.15) is 0 Å². The van der Waals surface area contributed by atoms with E-state index in [4.69, 9.17) is 9.47 Å². The average molecular weight is 202 g/mol. The summed E-state index contributed by atoms with van der Waals surface area (Å²) in [6.45, 7) is 12.5. The second-order valence-electron chi connectivity index (χ2n) is 4.35. The smallest absolute Gasteiger partial charge is 0.168 e. The lowest BCUT2D eigenvalue weighted by atomic mass is 10.1. The molecule has 0 spiro atoms. The molecule has 0 aromatic rings. The molecule has 0 aromatic carbocycles. The topological polar surface area (TPSA) is 18.5 Å². The molecule has 86 valence electrons. The van der Waals surface area contributed by atoms with Crippen LogP contribution in [0.15, 0.2) is 0 Å². The van der Waals surface area contributed by atoms with E-state index in [1.54, 1.807) is 0 Å². The lowest BCUT2D eigenvalue weighted by molar-refractivity contribution is -0.273. The van der Waals surface area contributed by atoms with Crippen molar-refractivity contribution in [2.24, 2.45) is 0 Å². The normalized spacial score (nSPS) is 12.9. The van der Waals surface area contributed by atoms with Crippen LogP contribution in [0.3, 0.4) is 0 Å². The van der Waals surface area contributed by atoms with Gasteiger partial charge < -0.3 is 9.47 Å². The molecule has 0 N–H and O–H groups in total. The zero-order valence-electron chi connectivity index (χ0n) is 10.6. The van der Waals surface area contributed by atoms with Crippen LogP contribution in [0.4, 0.5) is 0 Å². The maximum atomic E-state index is 5.92. The van der Waals surface area contributed by atoms with Crippen molar-refractivity contribution in [3.8, 4) is 0 Å². The molecule has 0 saturated carbocycles. The van der Waals surface area contributed by atoms with Gasteiger partial charge in [-0.1, -0.05) is 20.3 Å². The molecule has 0 aromatic heterocycles. The van der Waals surface area contributed by atoms with E-state index < -0.39 is 0 Å². The molecule has 0 saturated heterocycles. The fourth-order valence-electron chi connectivity index (χ4n) is 1.73. The van der Waals surface area contributed by atoms with Crippen molar-refractivity contribution in [2.75, 3.05) is 0 Å². The first-order valence-corrected chi connectivity index (χ1v) is 5.81. The summed E-state index contributed by atoms with van der Waals surface area (Å²) in [7, 11) is 0. The molecular weight excluding hydrogens is 176 g/mol. The molecule has 0 amide bonds. The lowest BCUT2D eigenvalue weighted by Crippen LogP contribution is -2.39. The van der Waals surface area contributed by atoms with Gasteiger partial charge in [0, 0.05) is 6.42 Å². The average Bonchev–Trinajstić information content (AvgIpc) is 2.02. The van der Waals surface area contributed by atoms with Crippen molar-refractivity contribution < 1.29 is 9.47 Å². The largest absolute Gasteiger partial charge is 0.347 e. The van der Waals surface area contributed by atoms with E-state index in [-0.39, 0.29) is 18.0 Å². The maximum absolute atomic E-state index is 5.92. The maximum Gasteiger partial charge on any atom is 0.168 e. The van der Waals surface area contributed by atoms with Crippen LogP contribution in [-0.2, 0) is 9.47 Å². The fraction of sp³-hybridized carbons (Fsp3) is 1.00. The highest BCUT2D eigenvalue weighted by atomic mass is 16.7. The first kappa shape index (κ1) is 13.9. The molecule has 0 unspecified atom stereocenters. The van der Waals surface area contributed by atoms with Crippen LogP contribution in [0.1, 0.15) is 60.8 Å². The second kappa shape index (κ2) is 6.41. The summed E-state index contributed by atoms with van der Waals surface area (Å²) >= 11 is 0. The molecule has 0 aliphatic heterocycles. The van der Waals surface area contributed by atoms with Gasteiger partial charge in [-0.25, -0.2) is 0 Å². The fourth-order valence-corrected chi connectivity index (χ4v) is 1.73. The van der Waals surface area contributed by atoms with Gasteiger partial charge in [-0.05, 0) is 34.1 Å². The highest BCUT2D eigenvalue weighted by Gasteiger charge is 2.31. The van der Waals surface area contributed by atoms with Gasteiger partial charge in [0.2, 0.25) is 0 Å². The zero-order chi connectivity index (χ0) is 11.2. The molecule has 2 heteroatoms. The Morgan fingerprint density at radius 3 is 1.57 bits per heavy atom. The Morgan fingerprint density at radius 2 is 1.36 bits per heavy atom. The van der Waals surface area contributed by atoms with Crippen LogP contribution < -0.4 is 0 Å². The quantitative estimate of drug-likeness (QED) is 0.585. The Labute approximate surface area is 89.0 Å². The molecule has 0 radical (unpaired) electrons. The van der Waals surface area contributed by atoms with Crippen LogP contribution in [0.25, 0.3) is 0 Å². The van der Waals surface area contributed by atoms with Gasteiger partial charge >= 0.3 is 0 Å². The van der Waals surface area contributed by atoms with Gasteiger partial charge in [-0.3, -0.25) is 0 Å². The molecule has 0 heterocycles. The van der Waals surface area contributed by atoms with Crippen LogP contribution in [0.2, 0.25) is 0 Å². The summed E-state index contributed by atoms with van der Waals surface area (Å²) in [5.74, 6) is -0.364. The van der Waals surface area contributed by atoms with Gasteiger partial charge in [0.25, 0.3) is 0 Å². The highest BCUT2D eigenvalue weighted by Crippen LogP contribution is 2.27. The predicted molar refractivity (Wildman–Crippen MR) is 60.4 cm³/mol. The Balaban J connectivity index is 4.42. The number of rotatable bonds is 7. The Morgan fingerprint density at radius 1 is 0.929 bits per heavy atom. The molecule has 14 heavy (non-hydrogen) atoms. The van der Waals surface area contributed by atoms with E-state index >= 15 is 0 Å². The van der Waals surface area contributed by atoms with Crippen molar-refractivity contribution in [3.63, 3.8) is 0 Å². The highest BCUT2D eigenvalue weighted by molar-refractivity contribution is 4.70. The SMILES string of the molecule is CCCC(CC)(OC(C)C)OC(C)C. The Bertz CT molecular complexity index is 131. The third-order valence-electron chi connectivity index (χ3n) is 2.07. The summed E-state index contributed by atoms with van der Waals surface area (Å²) in [5, 5.41) is 0. The minimum Gasteiger partial charge on any atom is -0.347 e. The monoisotopic (exact) mass is 202 g/mol. The second-order valence-corrected chi connectivity index (χ2v) is 4.35. The zero-order valence-corrected chi connectivity index (χ0v) is 10.6. The van der Waals surface area contributed by atoms with E-state index in [2.05, 4.69) is 41.5 Å². The number of hydrogen-bond acceptors (Lipinski definition) is 2. The van der Waals surface area contributed by atoms with Crippen LogP contribution in [-0.4, -0.2) is 18.0 Å². The predicted octanol–water partition coefficient (Wildman–Crippen LogP) is 3.74. The van der Waals surface area contributed by atoms with Crippen LogP contribution in [0.5, 0.6) is 0 Å². The Hall–Kier alpha value is -0.0800. The van der Waals surface area contributed by atoms with Crippen molar-refractivity contribution in [3.05, 3.63) is 0 Å². The first-order chi connectivity index (χ1) is 6.45. The molecule has 0 fully saturated rings. The van der Waals surface area contributed by atoms with Crippen LogP contribution in [0, 0.1) is 0 Å². The molecule has 2 nitrogen and oxygen atoms in total. The number of ether oxygens (including phenoxy) is 2. The van der Waals surface area contributed by atoms with Gasteiger partial charge in [0.15, 0.2) is 5.79 Å². The molecule has 0 aliphatic rings. The molecular formula is C12H26O2. The van der Waals surface area contributed by atoms with E-state index in [0.717, 1.165) is 19.3 Å². The van der Waals surface area contributed by atoms with Crippen LogP contribution >= 0.6 is 0 Å². The molecule has 0 bridgehead atoms. The summed E-state index contributed by atoms with van der Waals surface area (Å²) in [5.41, 5.74) is 0. The third kappa shape index (κ3) is 4.97. The Kier molecular flexibility index (Phi) is 6.38. The van der Waals surface area contributed by atoms with Crippen molar-refractivity contribution in [1.82, 2.24) is 0 Å². The summed E-state index contributed by atoms with van der Waals surface area (Å²) in [4.78, 5) is 0. The summed E-state index contributed by atoms with van der Waals surface area (Å²) < 4.78 is 11.8. The van der Waals surface area contributed by atoms with Crippen molar-refractivity contribution in [2.45, 2.75) is 78.8 Å². The van der Waals surface area contributed by atoms with E-state index in [1.807, 2.05) is 0 Å². The molecule has 0 rings (SSSR count). The summed E-state index contributed by atoms with van der Waals surface area (Å²) in [6.07, 6.45) is 3.42. The summed E-state index contributed by atoms with van der Waals surface area (Å²) in [6, 6.07) is 0. The van der Waals surface area contributed by atoms with Gasteiger partial charge in [-0.15, -0.1) is 0 Å². The minimum absolute atomic E-state index is 0.222. The standard InChI is InChI=1S/C12H26O2/c1-7-9-12(8-2,13-10(3)4)14-11(5)6/h10-11H,7-9H2,1-6H3. The van der Waals surface area contributed by atoms with Gasteiger partial charge in [-0.2, -0.15) is 0 Å². The van der Waals surface area contributed by atoms with Gasteiger partial charge in [0.05, 0.1) is 12.2 Å². The third-order valence-corrected chi connectivity index (χ3v) is 2.07. The molecule has 0 aliphatic carbocycles. The van der Waals surface area contributed by atoms with E-state index in [1.165, 1.54) is 0 Å². The number of hydrogen-bond donors (Lipinski definition) is 0. The van der Waals surface area contributed by atoms with E-state index in [0.29, 0.717) is 0 Å². The lowest BCUT2D eigenvalue weighted by Gasteiger charge is -2.36. The minimum atomic E-state index is -0.364. The molecule has 0 atom stereocenters.